The first-order chi connectivity index (χ1) is 11.4. The van der Waals surface area contributed by atoms with E-state index in [9.17, 15) is 19.7 Å². The van der Waals surface area contributed by atoms with Gasteiger partial charge in [-0.25, -0.2) is 0 Å². The molecule has 0 radical (unpaired) electrons. The van der Waals surface area contributed by atoms with Gasteiger partial charge in [-0.3, -0.25) is 19.7 Å². The molecule has 0 fully saturated rings. The zero-order valence-electron chi connectivity index (χ0n) is 13.3. The van der Waals surface area contributed by atoms with Gasteiger partial charge in [-0.2, -0.15) is 0 Å². The minimum Gasteiger partial charge on any atom is -0.343 e. The van der Waals surface area contributed by atoms with Crippen molar-refractivity contribution in [2.24, 2.45) is 0 Å². The first-order valence-electron chi connectivity index (χ1n) is 7.26. The average Bonchev–Trinajstić information content (AvgIpc) is 2.55. The minimum atomic E-state index is -0.580. The summed E-state index contributed by atoms with van der Waals surface area (Å²) in [5.41, 5.74) is 2.64. The Morgan fingerprint density at radius 1 is 1.12 bits per heavy atom. The molecule has 0 saturated heterocycles. The molecule has 7 nitrogen and oxygen atoms in total. The molecule has 2 rings (SSSR count). The Kier molecular flexibility index (Phi) is 5.26. The zero-order chi connectivity index (χ0) is 17.7. The third-order valence-electron chi connectivity index (χ3n) is 3.38. The lowest BCUT2D eigenvalue weighted by molar-refractivity contribution is -0.384. The van der Waals surface area contributed by atoms with Crippen LogP contribution in [0.2, 0.25) is 0 Å². The van der Waals surface area contributed by atoms with E-state index in [0.717, 1.165) is 17.2 Å². The van der Waals surface area contributed by atoms with Gasteiger partial charge in [0.05, 0.1) is 11.5 Å². The molecule has 124 valence electrons. The SMILES string of the molecule is Cc1ccc(NC(=O)CNC(=O)c2cccc([N+](=O)[O-])c2)c(C)c1. The van der Waals surface area contributed by atoms with E-state index >= 15 is 0 Å². The summed E-state index contributed by atoms with van der Waals surface area (Å²) in [6.07, 6.45) is 0. The van der Waals surface area contributed by atoms with E-state index in [-0.39, 0.29) is 23.7 Å². The van der Waals surface area contributed by atoms with Crippen molar-refractivity contribution in [3.63, 3.8) is 0 Å². The smallest absolute Gasteiger partial charge is 0.270 e. The molecule has 7 heteroatoms. The number of carbonyl (C=O) groups is 2. The van der Waals surface area contributed by atoms with Crippen molar-refractivity contribution in [2.45, 2.75) is 13.8 Å². The largest absolute Gasteiger partial charge is 0.343 e. The number of aryl methyl sites for hydroxylation is 2. The van der Waals surface area contributed by atoms with E-state index in [1.54, 1.807) is 6.07 Å². The van der Waals surface area contributed by atoms with Crippen LogP contribution < -0.4 is 10.6 Å². The third kappa shape index (κ3) is 4.39. The van der Waals surface area contributed by atoms with Crippen molar-refractivity contribution in [1.82, 2.24) is 5.32 Å². The second-order valence-corrected chi connectivity index (χ2v) is 5.36. The van der Waals surface area contributed by atoms with Crippen LogP contribution in [0.5, 0.6) is 0 Å². The Bertz CT molecular complexity index is 802. The maximum Gasteiger partial charge on any atom is 0.270 e. The van der Waals surface area contributed by atoms with Gasteiger partial charge in [-0.05, 0) is 31.5 Å². The molecule has 0 saturated carbocycles. The molecule has 2 N–H and O–H groups in total. The van der Waals surface area contributed by atoms with E-state index in [1.165, 1.54) is 18.2 Å². The predicted octanol–water partition coefficient (Wildman–Crippen LogP) is 2.58. The maximum atomic E-state index is 12.0. The lowest BCUT2D eigenvalue weighted by Crippen LogP contribution is -2.33. The highest BCUT2D eigenvalue weighted by atomic mass is 16.6. The van der Waals surface area contributed by atoms with Crippen LogP contribution >= 0.6 is 0 Å². The fourth-order valence-electron chi connectivity index (χ4n) is 2.17. The van der Waals surface area contributed by atoms with E-state index in [0.29, 0.717) is 5.69 Å². The highest BCUT2D eigenvalue weighted by Crippen LogP contribution is 2.16. The number of benzene rings is 2. The van der Waals surface area contributed by atoms with Crippen molar-refractivity contribution in [1.29, 1.82) is 0 Å². The number of hydrogen-bond acceptors (Lipinski definition) is 4. The number of hydrogen-bond donors (Lipinski definition) is 2. The molecule has 0 atom stereocenters. The molecule has 0 aliphatic heterocycles. The molecule has 2 aromatic rings. The first kappa shape index (κ1) is 17.1. The molecule has 0 spiro atoms. The Hall–Kier alpha value is -3.22. The summed E-state index contributed by atoms with van der Waals surface area (Å²) >= 11 is 0. The van der Waals surface area contributed by atoms with Gasteiger partial charge >= 0.3 is 0 Å². The average molecular weight is 327 g/mol. The van der Waals surface area contributed by atoms with Crippen LogP contribution in [0.4, 0.5) is 11.4 Å². The van der Waals surface area contributed by atoms with Gasteiger partial charge in [-0.15, -0.1) is 0 Å². The standard InChI is InChI=1S/C17H17N3O4/c1-11-6-7-15(12(2)8-11)19-16(21)10-18-17(22)13-4-3-5-14(9-13)20(23)24/h3-9H,10H2,1-2H3,(H,18,22)(H,19,21). The number of nitro groups is 1. The topological polar surface area (TPSA) is 101 Å². The Morgan fingerprint density at radius 3 is 2.54 bits per heavy atom. The molecule has 0 aliphatic rings. The van der Waals surface area contributed by atoms with Crippen LogP contribution in [-0.4, -0.2) is 23.3 Å². The van der Waals surface area contributed by atoms with E-state index in [2.05, 4.69) is 10.6 Å². The van der Waals surface area contributed by atoms with Gasteiger partial charge in [0.2, 0.25) is 5.91 Å². The molecule has 0 aromatic heterocycles. The number of anilines is 1. The molecular formula is C17H17N3O4. The van der Waals surface area contributed by atoms with Crippen LogP contribution in [0.1, 0.15) is 21.5 Å². The summed E-state index contributed by atoms with van der Waals surface area (Å²) in [5.74, 6) is -0.921. The van der Waals surface area contributed by atoms with Gasteiger partial charge in [0.25, 0.3) is 11.6 Å². The van der Waals surface area contributed by atoms with Crippen molar-refractivity contribution < 1.29 is 14.5 Å². The summed E-state index contributed by atoms with van der Waals surface area (Å²) in [4.78, 5) is 34.0. The van der Waals surface area contributed by atoms with Crippen molar-refractivity contribution >= 4 is 23.2 Å². The molecule has 0 bridgehead atoms. The lowest BCUT2D eigenvalue weighted by atomic mass is 10.1. The molecule has 0 aliphatic carbocycles. The number of nitrogens with one attached hydrogen (secondary N) is 2. The number of rotatable bonds is 5. The molecule has 0 unspecified atom stereocenters. The van der Waals surface area contributed by atoms with Crippen LogP contribution in [-0.2, 0) is 4.79 Å². The third-order valence-corrected chi connectivity index (χ3v) is 3.38. The fourth-order valence-corrected chi connectivity index (χ4v) is 2.17. The Balaban J connectivity index is 1.95. The summed E-state index contributed by atoms with van der Waals surface area (Å²) in [7, 11) is 0. The Morgan fingerprint density at radius 2 is 1.88 bits per heavy atom. The van der Waals surface area contributed by atoms with Crippen LogP contribution in [0.3, 0.4) is 0 Å². The van der Waals surface area contributed by atoms with E-state index < -0.39 is 10.8 Å². The van der Waals surface area contributed by atoms with Gasteiger partial charge in [0.1, 0.15) is 0 Å². The van der Waals surface area contributed by atoms with Crippen LogP contribution in [0.15, 0.2) is 42.5 Å². The monoisotopic (exact) mass is 327 g/mol. The predicted molar refractivity (Wildman–Crippen MR) is 90.0 cm³/mol. The van der Waals surface area contributed by atoms with Gasteiger partial charge < -0.3 is 10.6 Å². The maximum absolute atomic E-state index is 12.0. The summed E-state index contributed by atoms with van der Waals surface area (Å²) < 4.78 is 0. The summed E-state index contributed by atoms with van der Waals surface area (Å²) in [5, 5.41) is 15.9. The molecule has 0 heterocycles. The number of nitro benzene ring substituents is 1. The lowest BCUT2D eigenvalue weighted by Gasteiger charge is -2.10. The zero-order valence-corrected chi connectivity index (χ0v) is 13.3. The minimum absolute atomic E-state index is 0.128. The number of nitrogens with zero attached hydrogens (tertiary/aromatic N) is 1. The quantitative estimate of drug-likeness (QED) is 0.651. The summed E-state index contributed by atoms with van der Waals surface area (Å²) in [6.45, 7) is 3.61. The highest BCUT2D eigenvalue weighted by Gasteiger charge is 2.12. The summed E-state index contributed by atoms with van der Waals surface area (Å²) in [6, 6.07) is 10.9. The number of non-ortho nitro benzene ring substituents is 1. The van der Waals surface area contributed by atoms with Gasteiger partial charge in [0, 0.05) is 23.4 Å². The fraction of sp³-hybridized carbons (Fsp3) is 0.176. The van der Waals surface area contributed by atoms with Crippen molar-refractivity contribution in [3.05, 3.63) is 69.3 Å². The molecular weight excluding hydrogens is 310 g/mol. The van der Waals surface area contributed by atoms with Gasteiger partial charge in [-0.1, -0.05) is 23.8 Å². The number of carbonyl (C=O) groups excluding carboxylic acids is 2. The normalized spacial score (nSPS) is 10.1. The molecule has 2 amide bonds. The van der Waals surface area contributed by atoms with Crippen LogP contribution in [0, 0.1) is 24.0 Å². The molecule has 24 heavy (non-hydrogen) atoms. The van der Waals surface area contributed by atoms with Crippen molar-refractivity contribution in [3.8, 4) is 0 Å². The van der Waals surface area contributed by atoms with E-state index in [4.69, 9.17) is 0 Å². The van der Waals surface area contributed by atoms with Crippen molar-refractivity contribution in [2.75, 3.05) is 11.9 Å². The second kappa shape index (κ2) is 7.36. The van der Waals surface area contributed by atoms with E-state index in [1.807, 2.05) is 26.0 Å². The second-order valence-electron chi connectivity index (χ2n) is 5.36. The molecule has 2 aromatic carbocycles. The number of amides is 2. The first-order valence-corrected chi connectivity index (χ1v) is 7.26. The van der Waals surface area contributed by atoms with Crippen LogP contribution in [0.25, 0.3) is 0 Å². The Labute approximate surface area is 138 Å². The van der Waals surface area contributed by atoms with Gasteiger partial charge in [0.15, 0.2) is 0 Å². The highest BCUT2D eigenvalue weighted by molar-refractivity contribution is 5.99.